The highest BCUT2D eigenvalue weighted by molar-refractivity contribution is 6.33. The molecule has 1 aliphatic rings. The number of hydrogen-bond donors (Lipinski definition) is 3. The van der Waals surface area contributed by atoms with Crippen molar-refractivity contribution in [3.8, 4) is 0 Å². The first-order chi connectivity index (χ1) is 10.1. The number of benzene rings is 1. The Bertz CT molecular complexity index is 548. The van der Waals surface area contributed by atoms with Gasteiger partial charge in [0, 0.05) is 24.3 Å². The normalized spacial score (nSPS) is 16.5. The monoisotopic (exact) mass is 309 g/mol. The second kappa shape index (κ2) is 6.93. The number of hydrogen-bond acceptors (Lipinski definition) is 4. The van der Waals surface area contributed by atoms with Gasteiger partial charge in [0.25, 0.3) is 0 Å². The van der Waals surface area contributed by atoms with Crippen LogP contribution in [-0.4, -0.2) is 37.3 Å². The smallest absolute Gasteiger partial charge is 0.246 e. The van der Waals surface area contributed by atoms with Crippen LogP contribution in [0, 0.1) is 0 Å². The number of aliphatic hydroxyl groups excluding tert-OH is 1. The van der Waals surface area contributed by atoms with Crippen LogP contribution < -0.4 is 15.5 Å². The summed E-state index contributed by atoms with van der Waals surface area (Å²) in [4.78, 5) is 13.9. The average Bonchev–Trinajstić information content (AvgIpc) is 2.74. The van der Waals surface area contributed by atoms with E-state index in [2.05, 4.69) is 17.2 Å². The van der Waals surface area contributed by atoms with Crippen molar-refractivity contribution in [2.45, 2.75) is 13.0 Å². The standard InChI is InChI=1S/C15H20ClN3O2/c1-3-5-19(6-7-20)13-9-12-10(8-11(13)16)14(17-4-2)15(21)18-12/h3,8-9,14,17,20H,1,4-7H2,2H3,(H,18,21). The van der Waals surface area contributed by atoms with Crippen LogP contribution in [0.3, 0.4) is 0 Å². The molecule has 6 heteroatoms. The van der Waals surface area contributed by atoms with Crippen molar-refractivity contribution >= 4 is 28.9 Å². The zero-order valence-corrected chi connectivity index (χ0v) is 12.8. The Labute approximate surface area is 129 Å². The van der Waals surface area contributed by atoms with E-state index in [0.717, 1.165) is 16.9 Å². The molecule has 114 valence electrons. The minimum atomic E-state index is -0.359. The summed E-state index contributed by atoms with van der Waals surface area (Å²) < 4.78 is 0. The number of anilines is 2. The number of fused-ring (bicyclic) bond motifs is 1. The molecule has 2 rings (SSSR count). The van der Waals surface area contributed by atoms with E-state index >= 15 is 0 Å². The predicted octanol–water partition coefficient (Wildman–Crippen LogP) is 1.93. The van der Waals surface area contributed by atoms with Crippen molar-refractivity contribution in [3.05, 3.63) is 35.4 Å². The van der Waals surface area contributed by atoms with Crippen molar-refractivity contribution < 1.29 is 9.90 Å². The number of nitrogens with one attached hydrogen (secondary N) is 2. The fourth-order valence-corrected chi connectivity index (χ4v) is 2.80. The molecule has 0 spiro atoms. The Morgan fingerprint density at radius 3 is 2.95 bits per heavy atom. The van der Waals surface area contributed by atoms with Crippen LogP contribution in [0.4, 0.5) is 11.4 Å². The lowest BCUT2D eigenvalue weighted by Crippen LogP contribution is -2.27. The van der Waals surface area contributed by atoms with Gasteiger partial charge in [-0.05, 0) is 18.7 Å². The summed E-state index contributed by atoms with van der Waals surface area (Å²) in [6.07, 6.45) is 1.75. The molecule has 5 nitrogen and oxygen atoms in total. The minimum Gasteiger partial charge on any atom is -0.395 e. The van der Waals surface area contributed by atoms with E-state index in [-0.39, 0.29) is 18.6 Å². The van der Waals surface area contributed by atoms with Crippen LogP contribution >= 0.6 is 11.6 Å². The minimum absolute atomic E-state index is 0.0215. The lowest BCUT2D eigenvalue weighted by molar-refractivity contribution is -0.117. The highest BCUT2D eigenvalue weighted by Gasteiger charge is 2.31. The van der Waals surface area contributed by atoms with Crippen molar-refractivity contribution in [2.75, 3.05) is 36.5 Å². The highest BCUT2D eigenvalue weighted by Crippen LogP contribution is 2.38. The number of amides is 1. The number of rotatable bonds is 7. The van der Waals surface area contributed by atoms with Gasteiger partial charge in [-0.1, -0.05) is 24.6 Å². The molecule has 0 saturated heterocycles. The number of likely N-dealkylation sites (N-methyl/N-ethyl adjacent to an activating group) is 1. The van der Waals surface area contributed by atoms with Crippen molar-refractivity contribution in [1.29, 1.82) is 0 Å². The summed E-state index contributed by atoms with van der Waals surface area (Å²) in [5.74, 6) is -0.0718. The Hall–Kier alpha value is -1.56. The van der Waals surface area contributed by atoms with Crippen LogP contribution in [0.2, 0.25) is 5.02 Å². The van der Waals surface area contributed by atoms with Crippen LogP contribution in [0.1, 0.15) is 18.5 Å². The van der Waals surface area contributed by atoms with Crippen LogP contribution in [-0.2, 0) is 4.79 Å². The molecular formula is C15H20ClN3O2. The van der Waals surface area contributed by atoms with Gasteiger partial charge >= 0.3 is 0 Å². The predicted molar refractivity (Wildman–Crippen MR) is 86.0 cm³/mol. The highest BCUT2D eigenvalue weighted by atomic mass is 35.5. The molecule has 0 aliphatic carbocycles. The van der Waals surface area contributed by atoms with Gasteiger partial charge in [0.15, 0.2) is 0 Å². The van der Waals surface area contributed by atoms with Gasteiger partial charge in [0.1, 0.15) is 6.04 Å². The van der Waals surface area contributed by atoms with Crippen LogP contribution in [0.25, 0.3) is 0 Å². The SMILES string of the molecule is C=CCN(CCO)c1cc2c(cc1Cl)C(NCC)C(=O)N2. The van der Waals surface area contributed by atoms with Crippen molar-refractivity contribution in [2.24, 2.45) is 0 Å². The number of carbonyl (C=O) groups excluding carboxylic acids is 1. The lowest BCUT2D eigenvalue weighted by Gasteiger charge is -2.24. The molecular weight excluding hydrogens is 290 g/mol. The van der Waals surface area contributed by atoms with E-state index in [1.807, 2.05) is 24.0 Å². The maximum absolute atomic E-state index is 12.0. The number of aliphatic hydroxyl groups is 1. The zero-order valence-electron chi connectivity index (χ0n) is 12.0. The third kappa shape index (κ3) is 3.20. The van der Waals surface area contributed by atoms with E-state index < -0.39 is 0 Å². The summed E-state index contributed by atoms with van der Waals surface area (Å²) in [6.45, 7) is 7.41. The molecule has 3 N–H and O–H groups in total. The molecule has 0 bridgehead atoms. The Morgan fingerprint density at radius 1 is 1.57 bits per heavy atom. The molecule has 0 radical (unpaired) electrons. The second-order valence-electron chi connectivity index (χ2n) is 4.83. The third-order valence-electron chi connectivity index (χ3n) is 3.42. The maximum Gasteiger partial charge on any atom is 0.246 e. The Morgan fingerprint density at radius 2 is 2.33 bits per heavy atom. The third-order valence-corrected chi connectivity index (χ3v) is 3.72. The quantitative estimate of drug-likeness (QED) is 0.673. The topological polar surface area (TPSA) is 64.6 Å². The van der Waals surface area contributed by atoms with Gasteiger partial charge < -0.3 is 20.6 Å². The largest absolute Gasteiger partial charge is 0.395 e. The zero-order chi connectivity index (χ0) is 15.4. The van der Waals surface area contributed by atoms with Gasteiger partial charge in [-0.25, -0.2) is 0 Å². The van der Waals surface area contributed by atoms with Gasteiger partial charge in [-0.2, -0.15) is 0 Å². The average molecular weight is 310 g/mol. The van der Waals surface area contributed by atoms with Gasteiger partial charge in [0.05, 0.1) is 17.3 Å². The lowest BCUT2D eigenvalue weighted by atomic mass is 10.1. The molecule has 21 heavy (non-hydrogen) atoms. The van der Waals surface area contributed by atoms with E-state index in [1.54, 1.807) is 6.08 Å². The summed E-state index contributed by atoms with van der Waals surface area (Å²) in [5, 5.41) is 15.7. The molecule has 1 aromatic carbocycles. The molecule has 0 aromatic heterocycles. The fraction of sp³-hybridized carbons (Fsp3) is 0.400. The van der Waals surface area contributed by atoms with Gasteiger partial charge in [-0.3, -0.25) is 4.79 Å². The van der Waals surface area contributed by atoms with E-state index in [9.17, 15) is 4.79 Å². The molecule has 1 atom stereocenters. The van der Waals surface area contributed by atoms with Crippen molar-refractivity contribution in [3.63, 3.8) is 0 Å². The summed E-state index contributed by atoms with van der Waals surface area (Å²) in [6, 6.07) is 3.30. The van der Waals surface area contributed by atoms with E-state index in [0.29, 0.717) is 24.7 Å². The number of nitrogens with zero attached hydrogens (tertiary/aromatic N) is 1. The molecule has 1 aliphatic heterocycles. The molecule has 0 saturated carbocycles. The van der Waals surface area contributed by atoms with Crippen LogP contribution in [0.5, 0.6) is 0 Å². The molecule has 1 amide bonds. The van der Waals surface area contributed by atoms with Gasteiger partial charge in [-0.15, -0.1) is 6.58 Å². The summed E-state index contributed by atoms with van der Waals surface area (Å²) >= 11 is 6.36. The molecule has 0 fully saturated rings. The fourth-order valence-electron chi connectivity index (χ4n) is 2.51. The molecule has 1 heterocycles. The first kappa shape index (κ1) is 15.8. The molecule has 1 unspecified atom stereocenters. The van der Waals surface area contributed by atoms with Crippen LogP contribution in [0.15, 0.2) is 24.8 Å². The number of halogens is 1. The first-order valence-corrected chi connectivity index (χ1v) is 7.34. The Kier molecular flexibility index (Phi) is 5.22. The molecule has 1 aromatic rings. The van der Waals surface area contributed by atoms with Gasteiger partial charge in [0.2, 0.25) is 5.91 Å². The summed E-state index contributed by atoms with van der Waals surface area (Å²) in [5.41, 5.74) is 2.40. The summed E-state index contributed by atoms with van der Waals surface area (Å²) in [7, 11) is 0. The first-order valence-electron chi connectivity index (χ1n) is 6.96. The maximum atomic E-state index is 12.0. The van der Waals surface area contributed by atoms with E-state index in [4.69, 9.17) is 16.7 Å². The Balaban J connectivity index is 2.37. The van der Waals surface area contributed by atoms with Crippen molar-refractivity contribution in [1.82, 2.24) is 5.32 Å². The van der Waals surface area contributed by atoms with E-state index in [1.165, 1.54) is 0 Å². The second-order valence-corrected chi connectivity index (χ2v) is 5.24. The number of carbonyl (C=O) groups is 1.